The highest BCUT2D eigenvalue weighted by Crippen LogP contribution is 2.25. The molecule has 6 heteroatoms. The molecule has 4 nitrogen and oxygen atoms in total. The molecule has 0 radical (unpaired) electrons. The molecule has 2 rings (SSSR count). The summed E-state index contributed by atoms with van der Waals surface area (Å²) in [4.78, 5) is 11.8. The van der Waals surface area contributed by atoms with Crippen LogP contribution >= 0.6 is 11.3 Å². The Bertz CT molecular complexity index is 666. The average Bonchev–Trinajstić information content (AvgIpc) is 2.94. The van der Waals surface area contributed by atoms with Crippen molar-refractivity contribution in [2.45, 2.75) is 39.3 Å². The number of ether oxygens (including phenoxy) is 1. The van der Waals surface area contributed by atoms with Gasteiger partial charge in [0, 0.05) is 11.7 Å². The number of carbonyl (C=O) groups excluding carboxylic acids is 1. The van der Waals surface area contributed by atoms with Crippen molar-refractivity contribution in [2.75, 3.05) is 10.6 Å². The highest BCUT2D eigenvalue weighted by molar-refractivity contribution is 7.08. The fourth-order valence-electron chi connectivity index (χ4n) is 1.98. The number of anilines is 2. The Labute approximate surface area is 139 Å². The maximum absolute atomic E-state index is 13.9. The molecule has 1 atom stereocenters. The first-order valence-corrected chi connectivity index (χ1v) is 8.27. The van der Waals surface area contributed by atoms with Crippen LogP contribution in [0.1, 0.15) is 39.3 Å². The molecule has 0 aliphatic rings. The number of rotatable bonds is 4. The third-order valence-electron chi connectivity index (χ3n) is 3.03. The lowest BCUT2D eigenvalue weighted by atomic mass is 10.1. The normalized spacial score (nSPS) is 12.6. The smallest absolute Gasteiger partial charge is 0.412 e. The molecule has 1 amide bonds. The van der Waals surface area contributed by atoms with Gasteiger partial charge in [0.2, 0.25) is 0 Å². The molecule has 0 aliphatic carbocycles. The van der Waals surface area contributed by atoms with Crippen molar-refractivity contribution in [3.8, 4) is 0 Å². The Morgan fingerprint density at radius 1 is 1.30 bits per heavy atom. The highest BCUT2D eigenvalue weighted by atomic mass is 32.1. The van der Waals surface area contributed by atoms with Crippen molar-refractivity contribution < 1.29 is 13.9 Å². The van der Waals surface area contributed by atoms with E-state index < -0.39 is 17.5 Å². The van der Waals surface area contributed by atoms with Crippen LogP contribution in [-0.4, -0.2) is 11.7 Å². The minimum Gasteiger partial charge on any atom is -0.444 e. The Balaban J connectivity index is 2.08. The van der Waals surface area contributed by atoms with E-state index in [1.807, 2.05) is 18.4 Å². The van der Waals surface area contributed by atoms with E-state index in [9.17, 15) is 9.18 Å². The van der Waals surface area contributed by atoms with Crippen LogP contribution in [0.25, 0.3) is 0 Å². The molecule has 0 aliphatic heterocycles. The second-order valence-corrected chi connectivity index (χ2v) is 7.02. The Morgan fingerprint density at radius 3 is 2.65 bits per heavy atom. The van der Waals surface area contributed by atoms with Gasteiger partial charge in [0.25, 0.3) is 0 Å². The average molecular weight is 336 g/mol. The van der Waals surface area contributed by atoms with Crippen molar-refractivity contribution in [3.63, 3.8) is 0 Å². The second kappa shape index (κ2) is 7.00. The van der Waals surface area contributed by atoms with Gasteiger partial charge in [-0.25, -0.2) is 9.18 Å². The maximum Gasteiger partial charge on any atom is 0.412 e. The number of halogens is 1. The molecule has 1 aromatic heterocycles. The molecule has 1 unspecified atom stereocenters. The molecule has 124 valence electrons. The van der Waals surface area contributed by atoms with Gasteiger partial charge in [0.1, 0.15) is 11.4 Å². The van der Waals surface area contributed by atoms with Gasteiger partial charge in [-0.2, -0.15) is 11.3 Å². The third-order valence-corrected chi connectivity index (χ3v) is 3.73. The number of benzene rings is 1. The van der Waals surface area contributed by atoms with Crippen LogP contribution in [0.4, 0.5) is 20.6 Å². The number of nitrogens with one attached hydrogen (secondary N) is 2. The molecule has 2 N–H and O–H groups in total. The van der Waals surface area contributed by atoms with Gasteiger partial charge in [-0.05, 0) is 68.3 Å². The first kappa shape index (κ1) is 17.3. The van der Waals surface area contributed by atoms with Crippen molar-refractivity contribution in [1.82, 2.24) is 0 Å². The summed E-state index contributed by atoms with van der Waals surface area (Å²) in [5.74, 6) is -0.510. The van der Waals surface area contributed by atoms with Gasteiger partial charge in [0.15, 0.2) is 0 Å². The van der Waals surface area contributed by atoms with Crippen LogP contribution in [0.2, 0.25) is 0 Å². The van der Waals surface area contributed by atoms with E-state index in [1.54, 1.807) is 44.2 Å². The van der Waals surface area contributed by atoms with Crippen LogP contribution in [0.3, 0.4) is 0 Å². The standard InChI is InChI=1S/C17H21FN2O2S/c1-11(12-7-8-23-10-12)19-13-5-6-14(18)15(9-13)20-16(21)22-17(2,3)4/h5-11,19H,1-4H3,(H,20,21). The summed E-state index contributed by atoms with van der Waals surface area (Å²) in [5.41, 5.74) is 1.32. The summed E-state index contributed by atoms with van der Waals surface area (Å²) in [6.45, 7) is 7.28. The van der Waals surface area contributed by atoms with Crippen LogP contribution in [0.5, 0.6) is 0 Å². The first-order valence-electron chi connectivity index (χ1n) is 7.33. The molecule has 2 aromatic rings. The third kappa shape index (κ3) is 5.25. The fourth-order valence-corrected chi connectivity index (χ4v) is 2.73. The summed E-state index contributed by atoms with van der Waals surface area (Å²) in [5, 5.41) is 9.79. The van der Waals surface area contributed by atoms with E-state index in [1.165, 1.54) is 6.07 Å². The number of hydrogen-bond acceptors (Lipinski definition) is 4. The minimum atomic E-state index is -0.681. The largest absolute Gasteiger partial charge is 0.444 e. The zero-order valence-corrected chi connectivity index (χ0v) is 14.5. The van der Waals surface area contributed by atoms with Crippen molar-refractivity contribution in [3.05, 3.63) is 46.4 Å². The lowest BCUT2D eigenvalue weighted by Gasteiger charge is -2.20. The number of amides is 1. The Hall–Kier alpha value is -2.08. The highest BCUT2D eigenvalue weighted by Gasteiger charge is 2.17. The molecule has 0 bridgehead atoms. The van der Waals surface area contributed by atoms with Gasteiger partial charge in [0.05, 0.1) is 5.69 Å². The maximum atomic E-state index is 13.9. The molecule has 0 fully saturated rings. The van der Waals surface area contributed by atoms with Gasteiger partial charge in [-0.15, -0.1) is 0 Å². The predicted molar refractivity (Wildman–Crippen MR) is 92.6 cm³/mol. The SMILES string of the molecule is CC(Nc1ccc(F)c(NC(=O)OC(C)(C)C)c1)c1ccsc1. The summed E-state index contributed by atoms with van der Waals surface area (Å²) >= 11 is 1.62. The Morgan fingerprint density at radius 2 is 2.04 bits per heavy atom. The number of hydrogen-bond donors (Lipinski definition) is 2. The van der Waals surface area contributed by atoms with E-state index in [0.29, 0.717) is 0 Å². The van der Waals surface area contributed by atoms with Crippen LogP contribution in [0.15, 0.2) is 35.0 Å². The topological polar surface area (TPSA) is 50.4 Å². The molecule has 1 aromatic carbocycles. The zero-order chi connectivity index (χ0) is 17.0. The van der Waals surface area contributed by atoms with Crippen molar-refractivity contribution in [2.24, 2.45) is 0 Å². The molecule has 0 saturated carbocycles. The van der Waals surface area contributed by atoms with E-state index in [-0.39, 0.29) is 11.7 Å². The molecule has 1 heterocycles. The number of carbonyl (C=O) groups is 1. The Kier molecular flexibility index (Phi) is 5.26. The van der Waals surface area contributed by atoms with Crippen LogP contribution in [0, 0.1) is 5.82 Å². The zero-order valence-electron chi connectivity index (χ0n) is 13.6. The number of thiophene rings is 1. The van der Waals surface area contributed by atoms with Gasteiger partial charge in [-0.3, -0.25) is 5.32 Å². The van der Waals surface area contributed by atoms with Crippen LogP contribution < -0.4 is 10.6 Å². The van der Waals surface area contributed by atoms with E-state index >= 15 is 0 Å². The van der Waals surface area contributed by atoms with E-state index in [2.05, 4.69) is 16.0 Å². The lowest BCUT2D eigenvalue weighted by Crippen LogP contribution is -2.27. The summed E-state index contributed by atoms with van der Waals surface area (Å²) < 4.78 is 19.0. The molecular weight excluding hydrogens is 315 g/mol. The van der Waals surface area contributed by atoms with Gasteiger partial charge in [-0.1, -0.05) is 0 Å². The van der Waals surface area contributed by atoms with Crippen LogP contribution in [-0.2, 0) is 4.74 Å². The first-order chi connectivity index (χ1) is 10.7. The van der Waals surface area contributed by atoms with Crippen molar-refractivity contribution >= 4 is 28.8 Å². The predicted octanol–water partition coefficient (Wildman–Crippen LogP) is 5.41. The lowest BCUT2D eigenvalue weighted by molar-refractivity contribution is 0.0635. The fraction of sp³-hybridized carbons (Fsp3) is 0.353. The monoisotopic (exact) mass is 336 g/mol. The van der Waals surface area contributed by atoms with Crippen molar-refractivity contribution in [1.29, 1.82) is 0 Å². The molecular formula is C17H21FN2O2S. The molecule has 0 saturated heterocycles. The van der Waals surface area contributed by atoms with E-state index in [0.717, 1.165) is 11.3 Å². The summed E-state index contributed by atoms with van der Waals surface area (Å²) in [6, 6.07) is 6.63. The summed E-state index contributed by atoms with van der Waals surface area (Å²) in [7, 11) is 0. The minimum absolute atomic E-state index is 0.0843. The van der Waals surface area contributed by atoms with Gasteiger partial charge < -0.3 is 10.1 Å². The molecule has 0 spiro atoms. The van der Waals surface area contributed by atoms with Gasteiger partial charge >= 0.3 is 6.09 Å². The van der Waals surface area contributed by atoms with E-state index in [4.69, 9.17) is 4.74 Å². The quantitative estimate of drug-likeness (QED) is 0.785. The summed E-state index contributed by atoms with van der Waals surface area (Å²) in [6.07, 6.45) is -0.681. The molecule has 23 heavy (non-hydrogen) atoms. The second-order valence-electron chi connectivity index (χ2n) is 6.24.